The first kappa shape index (κ1) is 21.8. The molecule has 8 heteroatoms. The number of likely N-dealkylation sites (N-methyl/N-ethyl adjacent to an activating group) is 1. The summed E-state index contributed by atoms with van der Waals surface area (Å²) in [5.41, 5.74) is 2.92. The monoisotopic (exact) mass is 436 g/mol. The van der Waals surface area contributed by atoms with Crippen molar-refractivity contribution in [2.75, 3.05) is 51.2 Å². The lowest BCUT2D eigenvalue weighted by molar-refractivity contribution is -0.858. The fourth-order valence-electron chi connectivity index (χ4n) is 2.98. The van der Waals surface area contributed by atoms with Gasteiger partial charge in [0.1, 0.15) is 6.54 Å². The van der Waals surface area contributed by atoms with Gasteiger partial charge in [-0.25, -0.2) is 8.42 Å². The molecule has 1 heterocycles. The molecule has 156 valence electrons. The lowest BCUT2D eigenvalue weighted by atomic mass is 10.1. The first-order chi connectivity index (χ1) is 13.8. The molecule has 0 unspecified atom stereocenters. The number of hydrogen-bond donors (Lipinski definition) is 1. The number of quaternary nitrogens is 1. The van der Waals surface area contributed by atoms with Gasteiger partial charge in [0.2, 0.25) is 0 Å². The molecule has 1 aliphatic heterocycles. The molecule has 0 bridgehead atoms. The van der Waals surface area contributed by atoms with E-state index in [-0.39, 0.29) is 12.4 Å². The second kappa shape index (κ2) is 9.71. The fraction of sp³-hybridized carbons (Fsp3) is 0.381. The molecule has 0 aliphatic carbocycles. The molecule has 6 nitrogen and oxygen atoms in total. The smallest absolute Gasteiger partial charge is 0.180 e. The standard InChI is InChI=1S/C21H26ClN3O3S/c1-24(2)13-14-28-15-16-29(26,27)20-9-7-19(8-10-20)25-12-11-21(23-25)17-3-5-18(22)6-4-17/h3-10H,11-16H2,1-2H3/p+1. The van der Waals surface area contributed by atoms with Crippen LogP contribution in [0.3, 0.4) is 0 Å². The van der Waals surface area contributed by atoms with Gasteiger partial charge in [-0.15, -0.1) is 0 Å². The van der Waals surface area contributed by atoms with E-state index in [0.29, 0.717) is 16.5 Å². The van der Waals surface area contributed by atoms with Crippen molar-refractivity contribution >= 4 is 32.8 Å². The molecule has 29 heavy (non-hydrogen) atoms. The highest BCUT2D eigenvalue weighted by Crippen LogP contribution is 2.24. The minimum absolute atomic E-state index is 0.0162. The van der Waals surface area contributed by atoms with Crippen molar-refractivity contribution in [2.45, 2.75) is 11.3 Å². The maximum Gasteiger partial charge on any atom is 0.180 e. The van der Waals surface area contributed by atoms with Crippen molar-refractivity contribution < 1.29 is 18.1 Å². The number of anilines is 1. The van der Waals surface area contributed by atoms with Crippen molar-refractivity contribution in [3.8, 4) is 0 Å². The summed E-state index contributed by atoms with van der Waals surface area (Å²) in [6.45, 7) is 2.37. The quantitative estimate of drug-likeness (QED) is 0.610. The van der Waals surface area contributed by atoms with Crippen molar-refractivity contribution in [3.63, 3.8) is 0 Å². The fourth-order valence-corrected chi connectivity index (χ4v) is 4.23. The van der Waals surface area contributed by atoms with Gasteiger partial charge < -0.3 is 9.64 Å². The number of hydrazone groups is 1. The normalized spacial score (nSPS) is 14.5. The number of sulfone groups is 1. The summed E-state index contributed by atoms with van der Waals surface area (Å²) < 4.78 is 30.4. The van der Waals surface area contributed by atoms with E-state index < -0.39 is 9.84 Å². The summed E-state index contributed by atoms with van der Waals surface area (Å²) in [5.74, 6) is -0.0162. The van der Waals surface area contributed by atoms with E-state index in [1.54, 1.807) is 24.3 Å². The first-order valence-corrected chi connectivity index (χ1v) is 11.7. The Morgan fingerprint density at radius 2 is 1.76 bits per heavy atom. The van der Waals surface area contributed by atoms with Crippen LogP contribution in [0.1, 0.15) is 12.0 Å². The predicted molar refractivity (Wildman–Crippen MR) is 117 cm³/mol. The van der Waals surface area contributed by atoms with Crippen LogP contribution in [0, 0.1) is 0 Å². The van der Waals surface area contributed by atoms with E-state index in [4.69, 9.17) is 16.3 Å². The Labute approximate surface area is 177 Å². The van der Waals surface area contributed by atoms with Crippen LogP contribution in [0.25, 0.3) is 0 Å². The maximum atomic E-state index is 12.5. The molecule has 0 aromatic heterocycles. The minimum atomic E-state index is -3.36. The highest BCUT2D eigenvalue weighted by atomic mass is 35.5. The summed E-state index contributed by atoms with van der Waals surface area (Å²) in [6, 6.07) is 14.5. The summed E-state index contributed by atoms with van der Waals surface area (Å²) >= 11 is 5.95. The average molecular weight is 437 g/mol. The molecule has 2 aromatic rings. The maximum absolute atomic E-state index is 12.5. The Morgan fingerprint density at radius 1 is 1.07 bits per heavy atom. The molecular weight excluding hydrogens is 410 g/mol. The van der Waals surface area contributed by atoms with Crippen LogP contribution in [-0.4, -0.2) is 60.3 Å². The van der Waals surface area contributed by atoms with Crippen molar-refractivity contribution in [2.24, 2.45) is 5.10 Å². The Bertz CT molecular complexity index is 942. The zero-order chi connectivity index (χ0) is 20.9. The van der Waals surface area contributed by atoms with Gasteiger partial charge in [0.15, 0.2) is 9.84 Å². The molecule has 1 aliphatic rings. The van der Waals surface area contributed by atoms with Gasteiger partial charge in [0, 0.05) is 18.0 Å². The molecule has 0 saturated carbocycles. The number of hydrogen-bond acceptors (Lipinski definition) is 5. The Balaban J connectivity index is 1.60. The van der Waals surface area contributed by atoms with Crippen molar-refractivity contribution in [3.05, 3.63) is 59.1 Å². The van der Waals surface area contributed by atoms with E-state index in [0.717, 1.165) is 36.5 Å². The van der Waals surface area contributed by atoms with Crippen LogP contribution >= 0.6 is 11.6 Å². The van der Waals surface area contributed by atoms with Crippen LogP contribution in [0.4, 0.5) is 5.69 Å². The second-order valence-electron chi connectivity index (χ2n) is 7.31. The van der Waals surface area contributed by atoms with Gasteiger partial charge >= 0.3 is 0 Å². The van der Waals surface area contributed by atoms with Crippen LogP contribution in [0.2, 0.25) is 5.02 Å². The summed E-state index contributed by atoms with van der Waals surface area (Å²) in [5, 5.41) is 7.26. The zero-order valence-corrected chi connectivity index (χ0v) is 18.3. The average Bonchev–Trinajstić information content (AvgIpc) is 3.18. The Hall–Kier alpha value is -1.93. The number of nitrogens with one attached hydrogen (secondary N) is 1. The minimum Gasteiger partial charge on any atom is -0.375 e. The molecule has 0 fully saturated rings. The molecule has 3 rings (SSSR count). The van der Waals surface area contributed by atoms with Crippen LogP contribution < -0.4 is 9.91 Å². The first-order valence-electron chi connectivity index (χ1n) is 9.66. The largest absolute Gasteiger partial charge is 0.375 e. The van der Waals surface area contributed by atoms with Gasteiger partial charge in [-0.2, -0.15) is 5.10 Å². The molecule has 0 spiro atoms. The van der Waals surface area contributed by atoms with Crippen molar-refractivity contribution in [1.82, 2.24) is 0 Å². The number of benzene rings is 2. The van der Waals surface area contributed by atoms with Crippen LogP contribution in [0.5, 0.6) is 0 Å². The van der Waals surface area contributed by atoms with Crippen LogP contribution in [0.15, 0.2) is 58.5 Å². The van der Waals surface area contributed by atoms with Gasteiger partial charge in [-0.05, 0) is 42.0 Å². The molecule has 0 atom stereocenters. The zero-order valence-electron chi connectivity index (χ0n) is 16.8. The van der Waals surface area contributed by atoms with Crippen molar-refractivity contribution in [1.29, 1.82) is 0 Å². The second-order valence-corrected chi connectivity index (χ2v) is 9.85. The van der Waals surface area contributed by atoms with E-state index >= 15 is 0 Å². The van der Waals surface area contributed by atoms with E-state index in [9.17, 15) is 8.42 Å². The van der Waals surface area contributed by atoms with E-state index in [2.05, 4.69) is 5.10 Å². The number of ether oxygens (including phenoxy) is 1. The third-order valence-electron chi connectivity index (χ3n) is 4.72. The van der Waals surface area contributed by atoms with Crippen LogP contribution in [-0.2, 0) is 14.6 Å². The Kier molecular flexibility index (Phi) is 7.29. The Morgan fingerprint density at radius 3 is 2.41 bits per heavy atom. The number of nitrogens with zero attached hydrogens (tertiary/aromatic N) is 2. The summed E-state index contributed by atoms with van der Waals surface area (Å²) in [4.78, 5) is 1.58. The van der Waals surface area contributed by atoms with Gasteiger partial charge in [0.05, 0.1) is 49.4 Å². The SMILES string of the molecule is C[NH+](C)CCOCCS(=O)(=O)c1ccc(N2CCC(c3ccc(Cl)cc3)=N2)cc1. The third-order valence-corrected chi connectivity index (χ3v) is 6.66. The topological polar surface area (TPSA) is 63.4 Å². The van der Waals surface area contributed by atoms with E-state index in [1.807, 2.05) is 43.4 Å². The number of rotatable bonds is 9. The van der Waals surface area contributed by atoms with Gasteiger partial charge in [0.25, 0.3) is 0 Å². The van der Waals surface area contributed by atoms with Gasteiger partial charge in [-0.1, -0.05) is 23.7 Å². The highest BCUT2D eigenvalue weighted by Gasteiger charge is 2.19. The highest BCUT2D eigenvalue weighted by molar-refractivity contribution is 7.91. The third kappa shape index (κ3) is 6.02. The molecule has 0 radical (unpaired) electrons. The lowest BCUT2D eigenvalue weighted by Crippen LogP contribution is -3.06. The lowest BCUT2D eigenvalue weighted by Gasteiger charge is -2.14. The molecule has 2 aromatic carbocycles. The van der Waals surface area contributed by atoms with E-state index in [1.165, 1.54) is 4.90 Å². The molecule has 0 saturated heterocycles. The molecule has 1 N–H and O–H groups in total. The van der Waals surface area contributed by atoms with Gasteiger partial charge in [-0.3, -0.25) is 5.01 Å². The molecular formula is C21H27ClN3O3S+. The summed E-state index contributed by atoms with van der Waals surface area (Å²) in [6.07, 6.45) is 0.827. The predicted octanol–water partition coefficient (Wildman–Crippen LogP) is 1.89. The summed E-state index contributed by atoms with van der Waals surface area (Å²) in [7, 11) is 0.707. The number of halogens is 1. The molecule has 0 amide bonds.